The van der Waals surface area contributed by atoms with Gasteiger partial charge in [0.25, 0.3) is 0 Å². The second-order valence-electron chi connectivity index (χ2n) is 2.30. The zero-order valence-corrected chi connectivity index (χ0v) is 8.26. The van der Waals surface area contributed by atoms with Crippen LogP contribution in [0.15, 0.2) is 0 Å². The van der Waals surface area contributed by atoms with Crippen LogP contribution in [0.1, 0.15) is 20.3 Å². The average Bonchev–Trinajstić information content (AvgIpc) is 2.05. The quantitative estimate of drug-likeness (QED) is 0.636. The predicted molar refractivity (Wildman–Crippen MR) is 46.9 cm³/mol. The highest BCUT2D eigenvalue weighted by Gasteiger charge is 2.16. The molecule has 0 saturated heterocycles. The molecule has 12 heavy (non-hydrogen) atoms. The van der Waals surface area contributed by atoms with Gasteiger partial charge in [-0.1, -0.05) is 6.92 Å². The van der Waals surface area contributed by atoms with Crippen LogP contribution < -0.4 is 0 Å². The fraction of sp³-hybridized carbons (Fsp3) is 0.857. The topological polar surface area (TPSA) is 61.2 Å². The largest absolute Gasteiger partial charge is 0.213 e. The Kier molecular flexibility index (Phi) is 4.86. The number of rotatable bonds is 5. The van der Waals surface area contributed by atoms with Gasteiger partial charge >= 0.3 is 0 Å². The van der Waals surface area contributed by atoms with Gasteiger partial charge in [-0.15, -0.1) is 0 Å². The number of hydrogen-bond donors (Lipinski definition) is 0. The van der Waals surface area contributed by atoms with E-state index in [-0.39, 0.29) is 12.2 Å². The molecule has 0 heterocycles. The summed E-state index contributed by atoms with van der Waals surface area (Å²) in [6, 6.07) is 1.92. The molecule has 0 fully saturated rings. The molecule has 0 saturated carbocycles. The molecule has 0 aliphatic carbocycles. The molecular formula is C7H14N2O2S. The van der Waals surface area contributed by atoms with E-state index < -0.39 is 10.0 Å². The second-order valence-corrected chi connectivity index (χ2v) is 4.56. The highest BCUT2D eigenvalue weighted by molar-refractivity contribution is 7.89. The molecule has 0 unspecified atom stereocenters. The highest BCUT2D eigenvalue weighted by Crippen LogP contribution is 2.01. The zero-order chi connectivity index (χ0) is 9.61. The number of hydrogen-bond acceptors (Lipinski definition) is 3. The summed E-state index contributed by atoms with van der Waals surface area (Å²) in [6.45, 7) is 4.12. The fourth-order valence-electron chi connectivity index (χ4n) is 0.851. The molecule has 0 aromatic rings. The van der Waals surface area contributed by atoms with Crippen molar-refractivity contribution in [1.82, 2.24) is 4.31 Å². The normalized spacial score (nSPS) is 11.5. The van der Waals surface area contributed by atoms with E-state index in [0.29, 0.717) is 13.1 Å². The van der Waals surface area contributed by atoms with Gasteiger partial charge in [-0.2, -0.15) is 5.26 Å². The molecule has 4 nitrogen and oxygen atoms in total. The van der Waals surface area contributed by atoms with Gasteiger partial charge in [0.2, 0.25) is 10.0 Å². The monoisotopic (exact) mass is 190 g/mol. The van der Waals surface area contributed by atoms with E-state index in [4.69, 9.17) is 5.26 Å². The van der Waals surface area contributed by atoms with Gasteiger partial charge < -0.3 is 0 Å². The first kappa shape index (κ1) is 11.4. The minimum Gasteiger partial charge on any atom is -0.212 e. The number of sulfonamides is 1. The zero-order valence-electron chi connectivity index (χ0n) is 7.45. The van der Waals surface area contributed by atoms with E-state index in [1.165, 1.54) is 4.31 Å². The first-order valence-electron chi connectivity index (χ1n) is 3.93. The Morgan fingerprint density at radius 3 is 2.33 bits per heavy atom. The fourth-order valence-corrected chi connectivity index (χ4v) is 1.98. The van der Waals surface area contributed by atoms with E-state index in [0.717, 1.165) is 0 Å². The maximum absolute atomic E-state index is 11.3. The van der Waals surface area contributed by atoms with E-state index in [1.807, 2.05) is 6.07 Å². The van der Waals surface area contributed by atoms with Crippen molar-refractivity contribution in [2.45, 2.75) is 20.3 Å². The maximum atomic E-state index is 11.3. The van der Waals surface area contributed by atoms with Crippen molar-refractivity contribution in [1.29, 1.82) is 5.26 Å². The molecule has 0 aromatic carbocycles. The van der Waals surface area contributed by atoms with E-state index >= 15 is 0 Å². The Morgan fingerprint density at radius 2 is 2.00 bits per heavy atom. The van der Waals surface area contributed by atoms with Crippen molar-refractivity contribution in [2.75, 3.05) is 18.8 Å². The van der Waals surface area contributed by atoms with Crippen molar-refractivity contribution in [3.8, 4) is 6.07 Å². The third-order valence-corrected chi connectivity index (χ3v) is 3.54. The summed E-state index contributed by atoms with van der Waals surface area (Å²) in [5.74, 6) is 0.103. The molecule has 0 atom stereocenters. The van der Waals surface area contributed by atoms with Crippen LogP contribution >= 0.6 is 0 Å². The summed E-state index contributed by atoms with van der Waals surface area (Å²) in [5, 5.41) is 8.28. The minimum absolute atomic E-state index is 0.103. The molecule has 0 N–H and O–H groups in total. The Morgan fingerprint density at radius 1 is 1.42 bits per heavy atom. The van der Waals surface area contributed by atoms with Crippen LogP contribution in [0.5, 0.6) is 0 Å². The van der Waals surface area contributed by atoms with E-state index in [2.05, 4.69) is 0 Å². The highest BCUT2D eigenvalue weighted by atomic mass is 32.2. The van der Waals surface area contributed by atoms with Gasteiger partial charge in [0.15, 0.2) is 0 Å². The molecular weight excluding hydrogens is 176 g/mol. The summed E-state index contributed by atoms with van der Waals surface area (Å²) >= 11 is 0. The SMILES string of the molecule is CCN(CCC#N)S(=O)(=O)CC. The third kappa shape index (κ3) is 3.20. The molecule has 0 aliphatic heterocycles. The van der Waals surface area contributed by atoms with Gasteiger partial charge in [0, 0.05) is 19.5 Å². The van der Waals surface area contributed by atoms with Crippen LogP contribution in [-0.2, 0) is 10.0 Å². The summed E-state index contributed by atoms with van der Waals surface area (Å²) in [5.41, 5.74) is 0. The van der Waals surface area contributed by atoms with Crippen LogP contribution in [0.2, 0.25) is 0 Å². The minimum atomic E-state index is -3.10. The first-order valence-corrected chi connectivity index (χ1v) is 5.54. The number of nitriles is 1. The molecule has 0 rings (SSSR count). The molecule has 0 aliphatic rings. The lowest BCUT2D eigenvalue weighted by Crippen LogP contribution is -2.32. The molecule has 70 valence electrons. The lowest BCUT2D eigenvalue weighted by atomic mass is 10.5. The lowest BCUT2D eigenvalue weighted by Gasteiger charge is -2.17. The Hall–Kier alpha value is -0.600. The van der Waals surface area contributed by atoms with E-state index in [9.17, 15) is 8.42 Å². The maximum Gasteiger partial charge on any atom is 0.213 e. The van der Waals surface area contributed by atoms with Crippen molar-refractivity contribution in [3.05, 3.63) is 0 Å². The Labute approximate surface area is 73.8 Å². The Balaban J connectivity index is 4.27. The standard InChI is InChI=1S/C7H14N2O2S/c1-3-9(7-5-6-8)12(10,11)4-2/h3-5,7H2,1-2H3. The van der Waals surface area contributed by atoms with Crippen LogP contribution in [0.4, 0.5) is 0 Å². The van der Waals surface area contributed by atoms with Crippen LogP contribution in [-0.4, -0.2) is 31.6 Å². The molecule has 0 radical (unpaired) electrons. The third-order valence-electron chi connectivity index (χ3n) is 1.58. The van der Waals surface area contributed by atoms with Crippen LogP contribution in [0.3, 0.4) is 0 Å². The molecule has 5 heteroatoms. The van der Waals surface area contributed by atoms with Gasteiger partial charge in [-0.05, 0) is 6.92 Å². The van der Waals surface area contributed by atoms with Gasteiger partial charge in [0.1, 0.15) is 0 Å². The van der Waals surface area contributed by atoms with Crippen molar-refractivity contribution in [3.63, 3.8) is 0 Å². The smallest absolute Gasteiger partial charge is 0.212 e. The molecule has 0 amide bonds. The second kappa shape index (κ2) is 5.12. The lowest BCUT2D eigenvalue weighted by molar-refractivity contribution is 0.436. The molecule has 0 bridgehead atoms. The van der Waals surface area contributed by atoms with Gasteiger partial charge in [-0.25, -0.2) is 12.7 Å². The summed E-state index contributed by atoms with van der Waals surface area (Å²) < 4.78 is 23.8. The van der Waals surface area contributed by atoms with Crippen molar-refractivity contribution < 1.29 is 8.42 Å². The van der Waals surface area contributed by atoms with Crippen molar-refractivity contribution in [2.24, 2.45) is 0 Å². The first-order chi connectivity index (χ1) is 5.58. The van der Waals surface area contributed by atoms with Crippen LogP contribution in [0, 0.1) is 11.3 Å². The van der Waals surface area contributed by atoms with Gasteiger partial charge in [0.05, 0.1) is 11.8 Å². The predicted octanol–water partition coefficient (Wildman–Crippen LogP) is 0.572. The molecule has 0 spiro atoms. The number of nitrogens with zero attached hydrogens (tertiary/aromatic N) is 2. The average molecular weight is 190 g/mol. The summed E-state index contributed by atoms with van der Waals surface area (Å²) in [6.07, 6.45) is 0.257. The molecule has 0 aromatic heterocycles. The van der Waals surface area contributed by atoms with Crippen molar-refractivity contribution >= 4 is 10.0 Å². The summed E-state index contributed by atoms with van der Waals surface area (Å²) in [4.78, 5) is 0. The van der Waals surface area contributed by atoms with Gasteiger partial charge in [-0.3, -0.25) is 0 Å². The Bertz CT molecular complexity index is 253. The van der Waals surface area contributed by atoms with E-state index in [1.54, 1.807) is 13.8 Å². The summed E-state index contributed by atoms with van der Waals surface area (Å²) in [7, 11) is -3.10. The van der Waals surface area contributed by atoms with Crippen LogP contribution in [0.25, 0.3) is 0 Å².